The molecule has 1 fully saturated rings. The highest BCUT2D eigenvalue weighted by Crippen LogP contribution is 2.31. The second-order valence-electron chi connectivity index (χ2n) is 8.69. The number of nitrogens with one attached hydrogen (secondary N) is 2. The van der Waals surface area contributed by atoms with Gasteiger partial charge in [-0.1, -0.05) is 24.3 Å². The first-order valence-corrected chi connectivity index (χ1v) is 11.5. The summed E-state index contributed by atoms with van der Waals surface area (Å²) in [6.45, 7) is 3.39. The van der Waals surface area contributed by atoms with E-state index in [0.717, 1.165) is 50.4 Å². The van der Waals surface area contributed by atoms with Gasteiger partial charge >= 0.3 is 5.97 Å². The average molecular weight is 462 g/mol. The van der Waals surface area contributed by atoms with Crippen LogP contribution in [0.1, 0.15) is 16.1 Å². The van der Waals surface area contributed by atoms with E-state index in [2.05, 4.69) is 37.4 Å². The third-order valence-electron chi connectivity index (χ3n) is 6.19. The third-order valence-corrected chi connectivity index (χ3v) is 6.19. The maximum atomic E-state index is 12.5. The number of esters is 1. The number of carbonyl (C=O) groups excluding carboxylic acids is 1. The highest BCUT2D eigenvalue weighted by Gasteiger charge is 2.22. The Balaban J connectivity index is 1.34. The van der Waals surface area contributed by atoms with E-state index in [0.29, 0.717) is 18.7 Å². The molecule has 3 aromatic heterocycles. The van der Waals surface area contributed by atoms with Gasteiger partial charge in [0.2, 0.25) is 0 Å². The molecule has 35 heavy (non-hydrogen) atoms. The average Bonchev–Trinajstić information content (AvgIpc) is 3.36. The van der Waals surface area contributed by atoms with E-state index in [1.165, 1.54) is 0 Å². The smallest absolute Gasteiger partial charge is 0.338 e. The second-order valence-corrected chi connectivity index (χ2v) is 8.69. The Kier molecular flexibility index (Phi) is 5.31. The van der Waals surface area contributed by atoms with Gasteiger partial charge in [-0.3, -0.25) is 9.97 Å². The fourth-order valence-corrected chi connectivity index (χ4v) is 4.22. The molecule has 0 bridgehead atoms. The molecule has 0 atom stereocenters. The third kappa shape index (κ3) is 4.18. The number of benzene rings is 2. The summed E-state index contributed by atoms with van der Waals surface area (Å²) in [6, 6.07) is 21.6. The van der Waals surface area contributed by atoms with E-state index in [9.17, 15) is 4.79 Å². The molecule has 6 rings (SSSR count). The number of rotatable bonds is 5. The van der Waals surface area contributed by atoms with Crippen molar-refractivity contribution in [1.82, 2.24) is 25.3 Å². The first kappa shape index (κ1) is 21.2. The SMILES string of the molecule is Cc1cccc(-c2[nH]cnc2-c2ccc3ncc(-c4cccc(C(=O)OC5CNC5)c4)cc3c2)n1. The largest absolute Gasteiger partial charge is 0.456 e. The topological polar surface area (TPSA) is 92.8 Å². The quantitative estimate of drug-likeness (QED) is 0.366. The molecule has 7 heteroatoms. The van der Waals surface area contributed by atoms with Crippen molar-refractivity contribution in [2.75, 3.05) is 13.1 Å². The highest BCUT2D eigenvalue weighted by atomic mass is 16.5. The fourth-order valence-electron chi connectivity index (χ4n) is 4.22. The van der Waals surface area contributed by atoms with Gasteiger partial charge in [0.1, 0.15) is 6.10 Å². The molecule has 1 saturated heterocycles. The van der Waals surface area contributed by atoms with Gasteiger partial charge in [-0.25, -0.2) is 9.78 Å². The van der Waals surface area contributed by atoms with Gasteiger partial charge in [0.25, 0.3) is 0 Å². The fraction of sp³-hybridized carbons (Fsp3) is 0.143. The van der Waals surface area contributed by atoms with Crippen LogP contribution >= 0.6 is 0 Å². The Bertz CT molecular complexity index is 1550. The summed E-state index contributed by atoms with van der Waals surface area (Å²) < 4.78 is 5.51. The summed E-state index contributed by atoms with van der Waals surface area (Å²) >= 11 is 0. The summed E-state index contributed by atoms with van der Waals surface area (Å²) in [5, 5.41) is 4.09. The molecule has 4 heterocycles. The lowest BCUT2D eigenvalue weighted by Crippen LogP contribution is -2.49. The number of aromatic nitrogens is 4. The van der Waals surface area contributed by atoms with Crippen molar-refractivity contribution >= 4 is 16.9 Å². The zero-order chi connectivity index (χ0) is 23.8. The number of pyridine rings is 2. The molecule has 172 valence electrons. The summed E-state index contributed by atoms with van der Waals surface area (Å²) in [6.07, 6.45) is 3.48. The van der Waals surface area contributed by atoms with Gasteiger partial charge in [0.15, 0.2) is 0 Å². The lowest BCUT2D eigenvalue weighted by molar-refractivity contribution is 0.0169. The molecule has 5 aromatic rings. The molecule has 7 nitrogen and oxygen atoms in total. The van der Waals surface area contributed by atoms with Crippen LogP contribution in [0.2, 0.25) is 0 Å². The van der Waals surface area contributed by atoms with E-state index >= 15 is 0 Å². The molecule has 0 unspecified atom stereocenters. The Morgan fingerprint density at radius 1 is 0.943 bits per heavy atom. The van der Waals surface area contributed by atoms with Crippen molar-refractivity contribution < 1.29 is 9.53 Å². The molecule has 2 aromatic carbocycles. The molecular weight excluding hydrogens is 438 g/mol. The predicted octanol–water partition coefficient (Wildman–Crippen LogP) is 4.79. The number of nitrogens with zero attached hydrogens (tertiary/aromatic N) is 3. The Morgan fingerprint density at radius 2 is 1.80 bits per heavy atom. The number of hydrogen-bond donors (Lipinski definition) is 2. The molecule has 0 spiro atoms. The van der Waals surface area contributed by atoms with E-state index in [-0.39, 0.29) is 12.1 Å². The Labute approximate surface area is 202 Å². The molecule has 0 aliphatic carbocycles. The van der Waals surface area contributed by atoms with Crippen LogP contribution in [0.5, 0.6) is 0 Å². The lowest BCUT2D eigenvalue weighted by Gasteiger charge is -2.26. The van der Waals surface area contributed by atoms with Crippen molar-refractivity contribution in [3.05, 3.63) is 90.5 Å². The minimum Gasteiger partial charge on any atom is -0.456 e. The maximum Gasteiger partial charge on any atom is 0.338 e. The van der Waals surface area contributed by atoms with Crippen LogP contribution in [0.15, 0.2) is 79.3 Å². The van der Waals surface area contributed by atoms with E-state index in [1.54, 1.807) is 12.4 Å². The van der Waals surface area contributed by atoms with E-state index < -0.39 is 0 Å². The minimum atomic E-state index is -0.301. The van der Waals surface area contributed by atoms with Crippen LogP contribution in [0.4, 0.5) is 0 Å². The predicted molar refractivity (Wildman–Crippen MR) is 135 cm³/mol. The second kappa shape index (κ2) is 8.77. The Morgan fingerprint density at radius 3 is 2.63 bits per heavy atom. The number of ether oxygens (including phenoxy) is 1. The van der Waals surface area contributed by atoms with Crippen molar-refractivity contribution in [3.63, 3.8) is 0 Å². The summed E-state index contributed by atoms with van der Waals surface area (Å²) in [7, 11) is 0. The molecule has 0 radical (unpaired) electrons. The highest BCUT2D eigenvalue weighted by molar-refractivity contribution is 5.93. The summed E-state index contributed by atoms with van der Waals surface area (Å²) in [4.78, 5) is 29.6. The standard InChI is InChI=1S/C28H23N5O2/c1-17-4-2-7-25(33-17)27-26(31-16-32-27)19-8-9-24-21(11-19)12-22(13-30-24)18-5-3-6-20(10-18)28(34)35-23-14-29-15-23/h2-13,16,23,29H,14-15H2,1H3,(H,31,32). The normalized spacial score (nSPS) is 13.5. The maximum absolute atomic E-state index is 12.5. The molecule has 2 N–H and O–H groups in total. The minimum absolute atomic E-state index is 0.0474. The van der Waals surface area contributed by atoms with Crippen LogP contribution in [0.3, 0.4) is 0 Å². The zero-order valence-corrected chi connectivity index (χ0v) is 19.2. The molecule has 0 saturated carbocycles. The monoisotopic (exact) mass is 461 g/mol. The number of H-pyrrole nitrogens is 1. The number of aromatic amines is 1. The van der Waals surface area contributed by atoms with Crippen molar-refractivity contribution in [3.8, 4) is 33.8 Å². The van der Waals surface area contributed by atoms with Crippen LogP contribution < -0.4 is 5.32 Å². The van der Waals surface area contributed by atoms with Gasteiger partial charge in [-0.05, 0) is 55.0 Å². The zero-order valence-electron chi connectivity index (χ0n) is 19.2. The van der Waals surface area contributed by atoms with Crippen LogP contribution in [0, 0.1) is 6.92 Å². The number of aryl methyl sites for hydroxylation is 1. The Hall–Kier alpha value is -4.36. The van der Waals surface area contributed by atoms with Crippen LogP contribution in [0.25, 0.3) is 44.7 Å². The van der Waals surface area contributed by atoms with Gasteiger partial charge in [0, 0.05) is 41.5 Å². The molecule has 0 amide bonds. The van der Waals surface area contributed by atoms with Gasteiger partial charge in [0.05, 0.1) is 34.5 Å². The van der Waals surface area contributed by atoms with Gasteiger partial charge in [-0.2, -0.15) is 0 Å². The van der Waals surface area contributed by atoms with Crippen molar-refractivity contribution in [2.24, 2.45) is 0 Å². The first-order chi connectivity index (χ1) is 17.1. The van der Waals surface area contributed by atoms with E-state index in [1.807, 2.05) is 61.7 Å². The van der Waals surface area contributed by atoms with Crippen LogP contribution in [-0.2, 0) is 4.74 Å². The number of carbonyl (C=O) groups is 1. The number of hydrogen-bond acceptors (Lipinski definition) is 6. The van der Waals surface area contributed by atoms with Gasteiger partial charge in [-0.15, -0.1) is 0 Å². The first-order valence-electron chi connectivity index (χ1n) is 11.5. The summed E-state index contributed by atoms with van der Waals surface area (Å²) in [5.41, 5.74) is 7.76. The van der Waals surface area contributed by atoms with E-state index in [4.69, 9.17) is 4.74 Å². The summed E-state index contributed by atoms with van der Waals surface area (Å²) in [5.74, 6) is -0.301. The van der Waals surface area contributed by atoms with Crippen molar-refractivity contribution in [2.45, 2.75) is 13.0 Å². The molecule has 1 aliphatic rings. The molecule has 1 aliphatic heterocycles. The van der Waals surface area contributed by atoms with Gasteiger partial charge < -0.3 is 15.0 Å². The van der Waals surface area contributed by atoms with Crippen LogP contribution in [-0.4, -0.2) is 45.1 Å². The molecular formula is C28H23N5O2. The van der Waals surface area contributed by atoms with Crippen molar-refractivity contribution in [1.29, 1.82) is 0 Å². The number of fused-ring (bicyclic) bond motifs is 1. The lowest BCUT2D eigenvalue weighted by atomic mass is 10.0. The number of imidazole rings is 1.